The molecule has 1 aromatic heterocycles. The van der Waals surface area contributed by atoms with Gasteiger partial charge in [0.25, 0.3) is 0 Å². The Hall–Kier alpha value is -2.06. The number of methoxy groups -OCH3 is 1. The highest BCUT2D eigenvalue weighted by Gasteiger charge is 2.22. The molecule has 0 aliphatic rings. The minimum Gasteiger partial charge on any atom is -0.444 e. The van der Waals surface area contributed by atoms with E-state index in [2.05, 4.69) is 10.9 Å². The van der Waals surface area contributed by atoms with Crippen molar-refractivity contribution in [3.63, 3.8) is 0 Å². The van der Waals surface area contributed by atoms with E-state index < -0.39 is 5.60 Å². The first-order chi connectivity index (χ1) is 9.85. The van der Waals surface area contributed by atoms with Gasteiger partial charge < -0.3 is 14.4 Å². The maximum atomic E-state index is 12.2. The highest BCUT2D eigenvalue weighted by molar-refractivity contribution is 5.68. The number of carbonyl (C=O) groups excluding carboxylic acids is 1. The fourth-order valence-corrected chi connectivity index (χ4v) is 1.59. The Balaban J connectivity index is 2.77. The Morgan fingerprint density at radius 3 is 2.62 bits per heavy atom. The summed E-state index contributed by atoms with van der Waals surface area (Å²) in [5.41, 5.74) is 0.920. The molecule has 0 bridgehead atoms. The molecule has 114 valence electrons. The molecule has 1 aromatic rings. The third kappa shape index (κ3) is 6.28. The van der Waals surface area contributed by atoms with Crippen molar-refractivity contribution < 1.29 is 14.3 Å². The summed E-state index contributed by atoms with van der Waals surface area (Å²) in [5.74, 6) is 2.46. The summed E-state index contributed by atoms with van der Waals surface area (Å²) in [6.07, 6.45) is 6.56. The molecule has 0 radical (unpaired) electrons. The van der Waals surface area contributed by atoms with Crippen molar-refractivity contribution >= 4 is 6.09 Å². The summed E-state index contributed by atoms with van der Waals surface area (Å²) in [4.78, 5) is 17.9. The Morgan fingerprint density at radius 1 is 1.43 bits per heavy atom. The van der Waals surface area contributed by atoms with Crippen LogP contribution in [0.3, 0.4) is 0 Å². The molecule has 0 aliphatic carbocycles. The summed E-state index contributed by atoms with van der Waals surface area (Å²) in [5, 5.41) is 0. The predicted molar refractivity (Wildman–Crippen MR) is 80.7 cm³/mol. The average molecular weight is 290 g/mol. The zero-order valence-corrected chi connectivity index (χ0v) is 13.0. The molecular weight excluding hydrogens is 268 g/mol. The molecule has 0 unspecified atom stereocenters. The normalized spacial score (nSPS) is 10.8. The van der Waals surface area contributed by atoms with Crippen LogP contribution >= 0.6 is 0 Å². The molecule has 0 aliphatic heterocycles. The first-order valence-corrected chi connectivity index (χ1v) is 6.74. The number of carbonyl (C=O) groups is 1. The van der Waals surface area contributed by atoms with E-state index in [1.165, 1.54) is 0 Å². The van der Waals surface area contributed by atoms with Crippen LogP contribution in [0.15, 0.2) is 18.3 Å². The SMILES string of the molecule is C#Cc1ccc(CN(CCOC)C(=O)OC(C)(C)C)cn1. The molecule has 0 saturated carbocycles. The van der Waals surface area contributed by atoms with Crippen molar-refractivity contribution in [3.05, 3.63) is 29.6 Å². The first kappa shape index (κ1) is 17.0. The van der Waals surface area contributed by atoms with Gasteiger partial charge in [0.1, 0.15) is 11.3 Å². The lowest BCUT2D eigenvalue weighted by molar-refractivity contribution is 0.0184. The van der Waals surface area contributed by atoms with E-state index in [-0.39, 0.29) is 6.09 Å². The van der Waals surface area contributed by atoms with Gasteiger partial charge in [-0.25, -0.2) is 9.78 Å². The van der Waals surface area contributed by atoms with Gasteiger partial charge in [-0.05, 0) is 32.4 Å². The molecule has 1 heterocycles. The Kier molecular flexibility index (Phi) is 6.19. The van der Waals surface area contributed by atoms with Gasteiger partial charge in [0.05, 0.1) is 13.2 Å². The van der Waals surface area contributed by atoms with E-state index >= 15 is 0 Å². The highest BCUT2D eigenvalue weighted by atomic mass is 16.6. The molecule has 0 aromatic carbocycles. The number of hydrogen-bond donors (Lipinski definition) is 0. The maximum Gasteiger partial charge on any atom is 0.410 e. The molecule has 0 spiro atoms. The van der Waals surface area contributed by atoms with Crippen molar-refractivity contribution in [1.29, 1.82) is 0 Å². The van der Waals surface area contributed by atoms with Gasteiger partial charge in [-0.1, -0.05) is 12.0 Å². The Bertz CT molecular complexity index is 498. The van der Waals surface area contributed by atoms with Gasteiger partial charge in [-0.2, -0.15) is 0 Å². The second kappa shape index (κ2) is 7.65. The Labute approximate surface area is 126 Å². The molecular formula is C16H22N2O3. The minimum absolute atomic E-state index is 0.374. The zero-order valence-electron chi connectivity index (χ0n) is 13.0. The number of amides is 1. The van der Waals surface area contributed by atoms with Crippen molar-refractivity contribution in [1.82, 2.24) is 9.88 Å². The first-order valence-electron chi connectivity index (χ1n) is 6.74. The van der Waals surface area contributed by atoms with E-state index in [1.807, 2.05) is 26.8 Å². The van der Waals surface area contributed by atoms with Crippen LogP contribution in [0.1, 0.15) is 32.0 Å². The second-order valence-electron chi connectivity index (χ2n) is 5.59. The van der Waals surface area contributed by atoms with Gasteiger partial charge in [0.15, 0.2) is 0 Å². The van der Waals surface area contributed by atoms with Gasteiger partial charge in [-0.3, -0.25) is 0 Å². The Morgan fingerprint density at radius 2 is 2.14 bits per heavy atom. The highest BCUT2D eigenvalue weighted by Crippen LogP contribution is 2.12. The fourth-order valence-electron chi connectivity index (χ4n) is 1.59. The van der Waals surface area contributed by atoms with Crippen LogP contribution in [0.2, 0.25) is 0 Å². The molecule has 1 amide bonds. The number of terminal acetylenes is 1. The number of aromatic nitrogens is 1. The third-order valence-electron chi connectivity index (χ3n) is 2.56. The fraction of sp³-hybridized carbons (Fsp3) is 0.500. The molecule has 0 saturated heterocycles. The molecule has 5 heteroatoms. The summed E-state index contributed by atoms with van der Waals surface area (Å²) < 4.78 is 10.4. The van der Waals surface area contributed by atoms with Crippen LogP contribution in [0, 0.1) is 12.3 Å². The van der Waals surface area contributed by atoms with Crippen molar-refractivity contribution in [2.24, 2.45) is 0 Å². The lowest BCUT2D eigenvalue weighted by Gasteiger charge is -2.27. The van der Waals surface area contributed by atoms with Crippen molar-refractivity contribution in [2.45, 2.75) is 32.9 Å². The summed E-state index contributed by atoms with van der Waals surface area (Å²) >= 11 is 0. The minimum atomic E-state index is -0.534. The largest absolute Gasteiger partial charge is 0.444 e. The lowest BCUT2D eigenvalue weighted by Crippen LogP contribution is -2.38. The number of nitrogens with zero attached hydrogens (tertiary/aromatic N) is 2. The summed E-state index contributed by atoms with van der Waals surface area (Å²) in [6.45, 7) is 6.79. The quantitative estimate of drug-likeness (QED) is 0.782. The monoisotopic (exact) mass is 290 g/mol. The summed E-state index contributed by atoms with van der Waals surface area (Å²) in [7, 11) is 1.59. The van der Waals surface area contributed by atoms with Gasteiger partial charge in [0, 0.05) is 19.9 Å². The van der Waals surface area contributed by atoms with Crippen LogP contribution in [-0.2, 0) is 16.0 Å². The molecule has 21 heavy (non-hydrogen) atoms. The second-order valence-corrected chi connectivity index (χ2v) is 5.59. The topological polar surface area (TPSA) is 51.7 Å². The lowest BCUT2D eigenvalue weighted by atomic mass is 10.2. The molecule has 0 fully saturated rings. The van der Waals surface area contributed by atoms with Crippen molar-refractivity contribution in [3.8, 4) is 12.3 Å². The van der Waals surface area contributed by atoms with Gasteiger partial charge in [-0.15, -0.1) is 6.42 Å². The van der Waals surface area contributed by atoms with E-state index in [9.17, 15) is 4.79 Å². The maximum absolute atomic E-state index is 12.2. The molecule has 5 nitrogen and oxygen atoms in total. The smallest absolute Gasteiger partial charge is 0.410 e. The third-order valence-corrected chi connectivity index (χ3v) is 2.56. The van der Waals surface area contributed by atoms with Crippen LogP contribution in [0.4, 0.5) is 4.79 Å². The number of ether oxygens (including phenoxy) is 2. The van der Waals surface area contributed by atoms with E-state index in [1.54, 1.807) is 24.3 Å². The van der Waals surface area contributed by atoms with Crippen LogP contribution in [0.25, 0.3) is 0 Å². The predicted octanol–water partition coefficient (Wildman–Crippen LogP) is 2.45. The average Bonchev–Trinajstić information content (AvgIpc) is 2.42. The standard InChI is InChI=1S/C16H22N2O3/c1-6-14-8-7-13(11-17-14)12-18(9-10-20-5)15(19)21-16(2,3)4/h1,7-8,11H,9-10,12H2,2-5H3. The van der Waals surface area contributed by atoms with E-state index in [0.717, 1.165) is 5.56 Å². The molecule has 1 rings (SSSR count). The van der Waals surface area contributed by atoms with E-state index in [0.29, 0.717) is 25.4 Å². The number of rotatable bonds is 5. The van der Waals surface area contributed by atoms with Gasteiger partial charge in [0.2, 0.25) is 0 Å². The van der Waals surface area contributed by atoms with Crippen LogP contribution in [-0.4, -0.2) is 41.8 Å². The van der Waals surface area contributed by atoms with E-state index in [4.69, 9.17) is 15.9 Å². The summed E-state index contributed by atoms with van der Waals surface area (Å²) in [6, 6.07) is 3.60. The van der Waals surface area contributed by atoms with Gasteiger partial charge >= 0.3 is 6.09 Å². The number of hydrogen-bond acceptors (Lipinski definition) is 4. The van der Waals surface area contributed by atoms with Crippen LogP contribution in [0.5, 0.6) is 0 Å². The zero-order chi connectivity index (χ0) is 15.9. The van der Waals surface area contributed by atoms with Crippen molar-refractivity contribution in [2.75, 3.05) is 20.3 Å². The van der Waals surface area contributed by atoms with Crippen LogP contribution < -0.4 is 0 Å². The number of pyridine rings is 1. The molecule has 0 N–H and O–H groups in total. The molecule has 0 atom stereocenters.